The van der Waals surface area contributed by atoms with Crippen LogP contribution in [0.15, 0.2) is 57.7 Å². The number of aromatic amines is 1. The van der Waals surface area contributed by atoms with Gasteiger partial charge in [-0.15, -0.1) is 0 Å². The number of nitrogens with zero attached hydrogens (tertiary/aromatic N) is 2. The number of amides is 1. The Morgan fingerprint density at radius 2 is 1.85 bits per heavy atom. The second-order valence-electron chi connectivity index (χ2n) is 6.16. The van der Waals surface area contributed by atoms with Gasteiger partial charge >= 0.3 is 5.76 Å². The van der Waals surface area contributed by atoms with Gasteiger partial charge in [0.15, 0.2) is 12.2 Å². The maximum absolute atomic E-state index is 12.3. The number of hydrogen-bond donors (Lipinski definition) is 1. The third-order valence-corrected chi connectivity index (χ3v) is 4.51. The molecule has 1 N–H and O–H groups in total. The minimum atomic E-state index is -0.453. The fourth-order valence-electron chi connectivity index (χ4n) is 3.10. The predicted molar refractivity (Wildman–Crippen MR) is 97.6 cm³/mol. The second-order valence-corrected chi connectivity index (χ2v) is 6.16. The van der Waals surface area contributed by atoms with Crippen LogP contribution in [-0.2, 0) is 4.79 Å². The van der Waals surface area contributed by atoms with Gasteiger partial charge in [-0.25, -0.2) is 4.79 Å². The maximum Gasteiger partial charge on any atom is 0.417 e. The molecule has 1 saturated heterocycles. The minimum Gasteiger partial charge on any atom is -0.484 e. The van der Waals surface area contributed by atoms with Crippen LogP contribution in [0, 0.1) is 0 Å². The van der Waals surface area contributed by atoms with E-state index in [2.05, 4.69) is 9.88 Å². The lowest BCUT2D eigenvalue weighted by molar-refractivity contribution is -0.133. The Bertz CT molecular complexity index is 956. The zero-order valence-corrected chi connectivity index (χ0v) is 14.2. The van der Waals surface area contributed by atoms with Crippen LogP contribution in [0.5, 0.6) is 5.75 Å². The smallest absolute Gasteiger partial charge is 0.417 e. The van der Waals surface area contributed by atoms with E-state index in [1.165, 1.54) is 0 Å². The Labute approximate surface area is 149 Å². The number of ether oxygens (including phenoxy) is 1. The molecule has 0 aliphatic carbocycles. The number of hydrogen-bond acceptors (Lipinski definition) is 5. The van der Waals surface area contributed by atoms with Crippen molar-refractivity contribution < 1.29 is 13.9 Å². The fourth-order valence-corrected chi connectivity index (χ4v) is 3.10. The van der Waals surface area contributed by atoms with Gasteiger partial charge in [-0.05, 0) is 24.3 Å². The molecule has 1 aliphatic heterocycles. The molecule has 0 radical (unpaired) electrons. The summed E-state index contributed by atoms with van der Waals surface area (Å²) >= 11 is 0. The highest BCUT2D eigenvalue weighted by Gasteiger charge is 2.22. The van der Waals surface area contributed by atoms with Crippen LogP contribution in [0.3, 0.4) is 0 Å². The van der Waals surface area contributed by atoms with Crippen LogP contribution >= 0.6 is 0 Å². The number of H-pyrrole nitrogens is 1. The number of fused-ring (bicyclic) bond motifs is 1. The molecular formula is C19H19N3O4. The molecule has 0 atom stereocenters. The second kappa shape index (κ2) is 6.95. The summed E-state index contributed by atoms with van der Waals surface area (Å²) in [6.45, 7) is 2.75. The zero-order valence-electron chi connectivity index (χ0n) is 14.2. The molecule has 3 aromatic rings. The molecule has 4 rings (SSSR count). The van der Waals surface area contributed by atoms with Crippen LogP contribution in [0.4, 0.5) is 5.69 Å². The molecule has 0 bridgehead atoms. The van der Waals surface area contributed by atoms with E-state index in [9.17, 15) is 9.59 Å². The Morgan fingerprint density at radius 3 is 2.62 bits per heavy atom. The highest BCUT2D eigenvalue weighted by molar-refractivity contribution is 5.79. The SMILES string of the molecule is O=C(COc1ccccc1)N1CCN(c2ccc3[nH]c(=O)oc3c2)CC1. The summed E-state index contributed by atoms with van der Waals surface area (Å²) in [7, 11) is 0. The highest BCUT2D eigenvalue weighted by atomic mass is 16.5. The number of rotatable bonds is 4. The van der Waals surface area contributed by atoms with Gasteiger partial charge < -0.3 is 19.0 Å². The Kier molecular flexibility index (Phi) is 4.35. The molecule has 134 valence electrons. The van der Waals surface area contributed by atoms with E-state index in [0.717, 1.165) is 18.8 Å². The van der Waals surface area contributed by atoms with Crippen molar-refractivity contribution in [3.8, 4) is 5.75 Å². The Balaban J connectivity index is 1.34. The molecule has 7 heteroatoms. The molecule has 1 aromatic heterocycles. The predicted octanol–water partition coefficient (Wildman–Crippen LogP) is 1.85. The van der Waals surface area contributed by atoms with Gasteiger partial charge in [0.2, 0.25) is 0 Å². The normalized spacial score (nSPS) is 14.6. The number of para-hydroxylation sites is 1. The standard InChI is InChI=1S/C19H19N3O4/c23-18(13-25-15-4-2-1-3-5-15)22-10-8-21(9-11-22)14-6-7-16-17(12-14)26-19(24)20-16/h1-7,12H,8-11,13H2,(H,20,24). The zero-order chi connectivity index (χ0) is 17.9. The van der Waals surface area contributed by atoms with Gasteiger partial charge in [-0.3, -0.25) is 9.78 Å². The van der Waals surface area contributed by atoms with Gasteiger partial charge in [0, 0.05) is 37.9 Å². The average Bonchev–Trinajstić information content (AvgIpc) is 3.06. The van der Waals surface area contributed by atoms with Crippen molar-refractivity contribution in [2.75, 3.05) is 37.7 Å². The fraction of sp³-hybridized carbons (Fsp3) is 0.263. The van der Waals surface area contributed by atoms with Crippen molar-refractivity contribution in [2.24, 2.45) is 0 Å². The summed E-state index contributed by atoms with van der Waals surface area (Å²) in [6.07, 6.45) is 0. The van der Waals surface area contributed by atoms with Gasteiger partial charge in [0.25, 0.3) is 5.91 Å². The van der Waals surface area contributed by atoms with Crippen LogP contribution in [-0.4, -0.2) is 48.6 Å². The molecule has 2 aromatic carbocycles. The first-order chi connectivity index (χ1) is 12.7. The van der Waals surface area contributed by atoms with Crippen LogP contribution < -0.4 is 15.4 Å². The van der Waals surface area contributed by atoms with E-state index < -0.39 is 5.76 Å². The molecule has 0 unspecified atom stereocenters. The summed E-state index contributed by atoms with van der Waals surface area (Å²) in [5.41, 5.74) is 2.21. The third-order valence-electron chi connectivity index (χ3n) is 4.51. The van der Waals surface area contributed by atoms with Crippen molar-refractivity contribution in [1.82, 2.24) is 9.88 Å². The van der Waals surface area contributed by atoms with Crippen molar-refractivity contribution in [3.05, 3.63) is 59.1 Å². The topological polar surface area (TPSA) is 78.8 Å². The number of benzene rings is 2. The van der Waals surface area contributed by atoms with Crippen LogP contribution in [0.2, 0.25) is 0 Å². The van der Waals surface area contributed by atoms with Crippen molar-refractivity contribution in [1.29, 1.82) is 0 Å². The van der Waals surface area contributed by atoms with Crippen molar-refractivity contribution >= 4 is 22.7 Å². The molecule has 0 saturated carbocycles. The van der Waals surface area contributed by atoms with E-state index in [4.69, 9.17) is 9.15 Å². The lowest BCUT2D eigenvalue weighted by Gasteiger charge is -2.36. The molecule has 1 amide bonds. The number of anilines is 1. The number of aromatic nitrogens is 1. The van der Waals surface area contributed by atoms with E-state index >= 15 is 0 Å². The lowest BCUT2D eigenvalue weighted by atomic mass is 10.2. The van der Waals surface area contributed by atoms with E-state index in [0.29, 0.717) is 29.9 Å². The number of carbonyl (C=O) groups excluding carboxylic acids is 1. The maximum atomic E-state index is 12.3. The van der Waals surface area contributed by atoms with E-state index in [1.807, 2.05) is 53.4 Å². The summed E-state index contributed by atoms with van der Waals surface area (Å²) in [6, 6.07) is 15.0. The molecule has 26 heavy (non-hydrogen) atoms. The average molecular weight is 353 g/mol. The molecule has 1 fully saturated rings. The summed E-state index contributed by atoms with van der Waals surface area (Å²) in [5, 5.41) is 0. The van der Waals surface area contributed by atoms with E-state index in [1.54, 1.807) is 0 Å². The largest absolute Gasteiger partial charge is 0.484 e. The number of piperazine rings is 1. The summed E-state index contributed by atoms with van der Waals surface area (Å²) in [4.78, 5) is 30.2. The first kappa shape index (κ1) is 16.3. The van der Waals surface area contributed by atoms with Crippen LogP contribution in [0.25, 0.3) is 11.1 Å². The monoisotopic (exact) mass is 353 g/mol. The van der Waals surface area contributed by atoms with Gasteiger partial charge in [0.05, 0.1) is 5.52 Å². The number of nitrogens with one attached hydrogen (secondary N) is 1. The lowest BCUT2D eigenvalue weighted by Crippen LogP contribution is -2.50. The first-order valence-corrected chi connectivity index (χ1v) is 8.52. The molecule has 7 nitrogen and oxygen atoms in total. The quantitative estimate of drug-likeness (QED) is 0.774. The van der Waals surface area contributed by atoms with Gasteiger partial charge in [0.1, 0.15) is 5.75 Å². The number of carbonyl (C=O) groups is 1. The Morgan fingerprint density at radius 1 is 1.08 bits per heavy atom. The van der Waals surface area contributed by atoms with Crippen molar-refractivity contribution in [3.63, 3.8) is 0 Å². The van der Waals surface area contributed by atoms with Gasteiger partial charge in [-0.1, -0.05) is 18.2 Å². The third kappa shape index (κ3) is 3.42. The summed E-state index contributed by atoms with van der Waals surface area (Å²) in [5.74, 6) is 0.229. The summed E-state index contributed by atoms with van der Waals surface area (Å²) < 4.78 is 10.6. The minimum absolute atomic E-state index is 0.0133. The van der Waals surface area contributed by atoms with Crippen molar-refractivity contribution in [2.45, 2.75) is 0 Å². The molecular weight excluding hydrogens is 334 g/mol. The van der Waals surface area contributed by atoms with E-state index in [-0.39, 0.29) is 12.5 Å². The molecule has 2 heterocycles. The Hall–Kier alpha value is -3.22. The first-order valence-electron chi connectivity index (χ1n) is 8.52. The highest BCUT2D eigenvalue weighted by Crippen LogP contribution is 2.21. The molecule has 0 spiro atoms. The number of oxazole rings is 1. The van der Waals surface area contributed by atoms with Gasteiger partial charge in [-0.2, -0.15) is 0 Å². The van der Waals surface area contributed by atoms with Crippen LogP contribution in [0.1, 0.15) is 0 Å². The molecule has 1 aliphatic rings.